The van der Waals surface area contributed by atoms with Gasteiger partial charge in [0.25, 0.3) is 0 Å². The Morgan fingerprint density at radius 2 is 1.50 bits per heavy atom. The summed E-state index contributed by atoms with van der Waals surface area (Å²) in [5.41, 5.74) is 14.8. The van der Waals surface area contributed by atoms with Crippen LogP contribution < -0.4 is 11.5 Å². The average molecular weight is 228 g/mol. The second-order valence-electron chi connectivity index (χ2n) is 2.94. The first-order valence-electron chi connectivity index (χ1n) is 4.44. The summed E-state index contributed by atoms with van der Waals surface area (Å²) in [5, 5.41) is 0. The largest absolute Gasteiger partial charge is 0.398 e. The molecule has 0 atom stereocenters. The third kappa shape index (κ3) is 1.96. The summed E-state index contributed by atoms with van der Waals surface area (Å²) in [7, 11) is 0. The summed E-state index contributed by atoms with van der Waals surface area (Å²) in [5.74, 6) is 0. The third-order valence-corrected chi connectivity index (χ3v) is 3.79. The van der Waals surface area contributed by atoms with Gasteiger partial charge in [-0.2, -0.15) is 0 Å². The molecule has 1 rings (SSSR count). The van der Waals surface area contributed by atoms with Crippen molar-refractivity contribution in [3.8, 4) is 0 Å². The highest BCUT2D eigenvalue weighted by Gasteiger charge is 2.11. The topological polar surface area (TPSA) is 52.0 Å². The Bertz CT molecular complexity index is 309. The molecule has 78 valence electrons. The molecule has 4 heteroatoms. The van der Waals surface area contributed by atoms with Crippen LogP contribution in [0.3, 0.4) is 0 Å². The summed E-state index contributed by atoms with van der Waals surface area (Å²) in [6.07, 6.45) is 4.95. The lowest BCUT2D eigenvalue weighted by Gasteiger charge is -2.14. The van der Waals surface area contributed by atoms with Crippen molar-refractivity contribution >= 4 is 34.9 Å². The van der Waals surface area contributed by atoms with Gasteiger partial charge in [-0.25, -0.2) is 0 Å². The normalized spacial score (nSPS) is 10.5. The maximum absolute atomic E-state index is 6.02. The lowest BCUT2D eigenvalue weighted by Crippen LogP contribution is -2.02. The molecule has 0 aliphatic carbocycles. The quantitative estimate of drug-likeness (QED) is 0.617. The van der Waals surface area contributed by atoms with Gasteiger partial charge < -0.3 is 11.5 Å². The van der Waals surface area contributed by atoms with Crippen LogP contribution in [-0.4, -0.2) is 12.5 Å². The zero-order valence-electron chi connectivity index (χ0n) is 8.76. The monoisotopic (exact) mass is 228 g/mol. The van der Waals surface area contributed by atoms with Gasteiger partial charge in [0.1, 0.15) is 0 Å². The minimum absolute atomic E-state index is 0.843. The molecule has 0 unspecified atom stereocenters. The lowest BCUT2D eigenvalue weighted by molar-refractivity contribution is 1.11. The SMILES string of the molecule is CCc1c(N)c(SC)cc(SC)c1N. The molecule has 0 spiro atoms. The minimum Gasteiger partial charge on any atom is -0.398 e. The van der Waals surface area contributed by atoms with E-state index in [0.29, 0.717) is 0 Å². The summed E-state index contributed by atoms with van der Waals surface area (Å²) in [6.45, 7) is 2.08. The van der Waals surface area contributed by atoms with Crippen molar-refractivity contribution < 1.29 is 0 Å². The van der Waals surface area contributed by atoms with Gasteiger partial charge in [-0.3, -0.25) is 0 Å². The summed E-state index contributed by atoms with van der Waals surface area (Å²) < 4.78 is 0. The molecule has 0 bridgehead atoms. The number of benzene rings is 1. The second kappa shape index (κ2) is 4.84. The molecule has 0 heterocycles. The van der Waals surface area contributed by atoms with E-state index in [1.54, 1.807) is 23.5 Å². The van der Waals surface area contributed by atoms with E-state index < -0.39 is 0 Å². The fourth-order valence-corrected chi connectivity index (χ4v) is 2.67. The van der Waals surface area contributed by atoms with E-state index in [-0.39, 0.29) is 0 Å². The van der Waals surface area contributed by atoms with Gasteiger partial charge in [0.05, 0.1) is 11.4 Å². The fourth-order valence-electron chi connectivity index (χ4n) is 1.44. The standard InChI is InChI=1S/C10H16N2S2/c1-4-6-9(11)7(13-2)5-8(14-3)10(6)12/h5H,4,11-12H2,1-3H3. The molecule has 0 aliphatic heterocycles. The number of nitrogen functional groups attached to an aromatic ring is 2. The van der Waals surface area contributed by atoms with Crippen LogP contribution in [0.5, 0.6) is 0 Å². The molecule has 14 heavy (non-hydrogen) atoms. The maximum Gasteiger partial charge on any atom is 0.0506 e. The highest BCUT2D eigenvalue weighted by atomic mass is 32.2. The molecule has 2 nitrogen and oxygen atoms in total. The van der Waals surface area contributed by atoms with Gasteiger partial charge in [-0.15, -0.1) is 23.5 Å². The average Bonchev–Trinajstić information content (AvgIpc) is 2.19. The Balaban J connectivity index is 3.39. The number of nitrogens with two attached hydrogens (primary N) is 2. The minimum atomic E-state index is 0.843. The molecule has 0 radical (unpaired) electrons. The third-order valence-electron chi connectivity index (χ3n) is 2.24. The maximum atomic E-state index is 6.02. The van der Waals surface area contributed by atoms with Crippen LogP contribution in [0.4, 0.5) is 11.4 Å². The van der Waals surface area contributed by atoms with E-state index in [0.717, 1.165) is 33.2 Å². The van der Waals surface area contributed by atoms with Crippen LogP contribution in [0.1, 0.15) is 12.5 Å². The Morgan fingerprint density at radius 1 is 1.07 bits per heavy atom. The summed E-state index contributed by atoms with van der Waals surface area (Å²) >= 11 is 3.34. The van der Waals surface area contributed by atoms with E-state index in [1.165, 1.54) is 0 Å². The second-order valence-corrected chi connectivity index (χ2v) is 4.64. The van der Waals surface area contributed by atoms with Gasteiger partial charge in [0.15, 0.2) is 0 Å². The van der Waals surface area contributed by atoms with Crippen molar-refractivity contribution in [2.75, 3.05) is 24.0 Å². The first-order chi connectivity index (χ1) is 6.65. The fraction of sp³-hybridized carbons (Fsp3) is 0.400. The van der Waals surface area contributed by atoms with Crippen molar-refractivity contribution in [1.29, 1.82) is 0 Å². The van der Waals surface area contributed by atoms with Crippen molar-refractivity contribution in [3.63, 3.8) is 0 Å². The van der Waals surface area contributed by atoms with E-state index >= 15 is 0 Å². The Hall–Kier alpha value is -0.480. The Morgan fingerprint density at radius 3 is 1.79 bits per heavy atom. The number of hydrogen-bond acceptors (Lipinski definition) is 4. The van der Waals surface area contributed by atoms with Crippen LogP contribution in [0.2, 0.25) is 0 Å². The molecule has 0 saturated carbocycles. The number of hydrogen-bond donors (Lipinski definition) is 2. The molecular weight excluding hydrogens is 212 g/mol. The van der Waals surface area contributed by atoms with E-state index in [4.69, 9.17) is 11.5 Å². The predicted octanol–water partition coefficient (Wildman–Crippen LogP) is 2.86. The molecule has 1 aromatic carbocycles. The molecule has 1 aromatic rings. The Kier molecular flexibility index (Phi) is 4.01. The van der Waals surface area contributed by atoms with E-state index in [2.05, 4.69) is 13.0 Å². The predicted molar refractivity (Wildman–Crippen MR) is 68.2 cm³/mol. The first kappa shape index (κ1) is 11.6. The van der Waals surface area contributed by atoms with Crippen LogP contribution in [0.15, 0.2) is 15.9 Å². The summed E-state index contributed by atoms with van der Waals surface area (Å²) in [6, 6.07) is 2.07. The van der Waals surface area contributed by atoms with Crippen LogP contribution in [0, 0.1) is 0 Å². The highest BCUT2D eigenvalue weighted by molar-refractivity contribution is 7.99. The molecule has 0 aromatic heterocycles. The van der Waals surface area contributed by atoms with E-state index in [9.17, 15) is 0 Å². The zero-order valence-corrected chi connectivity index (χ0v) is 10.4. The smallest absolute Gasteiger partial charge is 0.0506 e. The first-order valence-corrected chi connectivity index (χ1v) is 6.89. The van der Waals surface area contributed by atoms with Crippen molar-refractivity contribution in [2.24, 2.45) is 0 Å². The molecule has 0 amide bonds. The number of rotatable bonds is 3. The van der Waals surface area contributed by atoms with Crippen molar-refractivity contribution in [2.45, 2.75) is 23.1 Å². The van der Waals surface area contributed by atoms with Gasteiger partial charge >= 0.3 is 0 Å². The summed E-state index contributed by atoms with van der Waals surface area (Å²) in [4.78, 5) is 2.25. The van der Waals surface area contributed by atoms with Gasteiger partial charge in [0.2, 0.25) is 0 Å². The van der Waals surface area contributed by atoms with Crippen molar-refractivity contribution in [3.05, 3.63) is 11.6 Å². The molecule has 0 fully saturated rings. The van der Waals surface area contributed by atoms with Crippen LogP contribution in [0.25, 0.3) is 0 Å². The molecule has 0 aliphatic rings. The van der Waals surface area contributed by atoms with Crippen molar-refractivity contribution in [1.82, 2.24) is 0 Å². The van der Waals surface area contributed by atoms with E-state index in [1.807, 2.05) is 12.5 Å². The van der Waals surface area contributed by atoms with Gasteiger partial charge in [0, 0.05) is 9.79 Å². The number of thioether (sulfide) groups is 2. The highest BCUT2D eigenvalue weighted by Crippen LogP contribution is 2.37. The lowest BCUT2D eigenvalue weighted by atomic mass is 10.1. The van der Waals surface area contributed by atoms with Gasteiger partial charge in [-0.1, -0.05) is 6.92 Å². The van der Waals surface area contributed by atoms with Crippen LogP contribution in [-0.2, 0) is 6.42 Å². The zero-order chi connectivity index (χ0) is 10.7. The van der Waals surface area contributed by atoms with Gasteiger partial charge in [-0.05, 0) is 30.6 Å². The number of anilines is 2. The Labute approximate surface area is 93.8 Å². The molecular formula is C10H16N2S2. The van der Waals surface area contributed by atoms with Crippen LogP contribution >= 0.6 is 23.5 Å². The molecule has 4 N–H and O–H groups in total. The molecule has 0 saturated heterocycles.